The molecule has 0 radical (unpaired) electrons. The standard InChI is InChI=1S/C37H42ClN3O7/c1-21(2)26(20-42)41-33-35(45)40(31-22(3)12-11-15-25(31)38)19-10-6-9-16-28(43)39-23(4)32(24-13-7-5-8-14-24)47-36(46)29-27-17-18-37(33,48-27)30(29)34(41)44/h5-8,10-15,17-18,21,23,26-27,29-30,32-33,42H,9,16,19-20H2,1-4H3,(H,39,43)/b10-6-/t23-,26+,27+,29-,30-,32+,33+,37-/m1/s1. The van der Waals surface area contributed by atoms with Crippen LogP contribution >= 0.6 is 11.6 Å². The molecule has 0 unspecified atom stereocenters. The minimum absolute atomic E-state index is 0.0981. The second-order valence-corrected chi connectivity index (χ2v) is 13.8. The summed E-state index contributed by atoms with van der Waals surface area (Å²) in [4.78, 5) is 60.1. The lowest BCUT2D eigenvalue weighted by Crippen LogP contribution is -2.59. The number of nitrogens with zero attached hydrogens (tertiary/aromatic N) is 2. The van der Waals surface area contributed by atoms with Gasteiger partial charge in [-0.15, -0.1) is 0 Å². The number of ether oxygens (including phenoxy) is 2. The van der Waals surface area contributed by atoms with Crippen LogP contribution in [0.3, 0.4) is 0 Å². The molecule has 2 fully saturated rings. The second-order valence-electron chi connectivity index (χ2n) is 13.4. The zero-order chi connectivity index (χ0) is 34.3. The Kier molecular flexibility index (Phi) is 9.53. The molecule has 1 spiro atoms. The summed E-state index contributed by atoms with van der Waals surface area (Å²) in [6, 6.07) is 12.0. The highest BCUT2D eigenvalue weighted by Crippen LogP contribution is 2.57. The summed E-state index contributed by atoms with van der Waals surface area (Å²) in [5.41, 5.74) is 0.424. The molecule has 5 bridgehead atoms. The first-order valence-electron chi connectivity index (χ1n) is 16.6. The third-order valence-corrected chi connectivity index (χ3v) is 10.4. The maximum Gasteiger partial charge on any atom is 0.313 e. The number of fused-ring (bicyclic) bond motifs is 2. The molecule has 48 heavy (non-hydrogen) atoms. The van der Waals surface area contributed by atoms with Crippen LogP contribution in [-0.2, 0) is 28.7 Å². The van der Waals surface area contributed by atoms with Gasteiger partial charge in [0.05, 0.1) is 41.4 Å². The van der Waals surface area contributed by atoms with Crippen molar-refractivity contribution in [2.45, 2.75) is 76.5 Å². The summed E-state index contributed by atoms with van der Waals surface area (Å²) in [7, 11) is 0. The number of carbonyl (C=O) groups excluding carboxylic acids is 4. The fraction of sp³-hybridized carbons (Fsp3) is 0.459. The number of anilines is 1. The molecule has 4 heterocycles. The monoisotopic (exact) mass is 675 g/mol. The summed E-state index contributed by atoms with van der Waals surface area (Å²) in [6.45, 7) is 7.08. The van der Waals surface area contributed by atoms with E-state index in [0.29, 0.717) is 22.7 Å². The normalized spacial score (nSPS) is 32.0. The summed E-state index contributed by atoms with van der Waals surface area (Å²) in [6.07, 6.45) is 6.02. The fourth-order valence-corrected chi connectivity index (χ4v) is 8.08. The first-order chi connectivity index (χ1) is 23.0. The second kappa shape index (κ2) is 13.5. The molecular weight excluding hydrogens is 634 g/mol. The molecule has 0 aromatic heterocycles. The molecule has 11 heteroatoms. The van der Waals surface area contributed by atoms with Crippen LogP contribution in [0.25, 0.3) is 0 Å². The number of halogens is 1. The van der Waals surface area contributed by atoms with Crippen LogP contribution in [0.1, 0.15) is 50.8 Å². The molecule has 0 aliphatic carbocycles. The summed E-state index contributed by atoms with van der Waals surface area (Å²) in [5.74, 6) is -4.17. The Labute approximate surface area is 285 Å². The van der Waals surface area contributed by atoms with Crippen molar-refractivity contribution in [3.8, 4) is 0 Å². The smallest absolute Gasteiger partial charge is 0.313 e. The molecule has 254 valence electrons. The van der Waals surface area contributed by atoms with Crippen LogP contribution in [0.5, 0.6) is 0 Å². The van der Waals surface area contributed by atoms with E-state index < -0.39 is 72.2 Å². The lowest BCUT2D eigenvalue weighted by Gasteiger charge is -2.40. The molecule has 2 saturated heterocycles. The number of hydrogen-bond acceptors (Lipinski definition) is 7. The van der Waals surface area contributed by atoms with Gasteiger partial charge in [0.2, 0.25) is 11.8 Å². The lowest BCUT2D eigenvalue weighted by molar-refractivity contribution is -0.161. The Bertz CT molecular complexity index is 1620. The van der Waals surface area contributed by atoms with Crippen molar-refractivity contribution in [3.05, 3.63) is 89.0 Å². The van der Waals surface area contributed by atoms with Gasteiger partial charge in [0.15, 0.2) is 0 Å². The van der Waals surface area contributed by atoms with E-state index in [1.54, 1.807) is 31.2 Å². The molecular formula is C37H42ClN3O7. The summed E-state index contributed by atoms with van der Waals surface area (Å²) >= 11 is 6.74. The van der Waals surface area contributed by atoms with Gasteiger partial charge in [0.25, 0.3) is 5.91 Å². The van der Waals surface area contributed by atoms with Crippen molar-refractivity contribution in [1.29, 1.82) is 0 Å². The number of para-hydroxylation sites is 1. The molecule has 6 rings (SSSR count). The summed E-state index contributed by atoms with van der Waals surface area (Å²) in [5, 5.41) is 14.0. The van der Waals surface area contributed by atoms with E-state index in [1.165, 1.54) is 9.80 Å². The summed E-state index contributed by atoms with van der Waals surface area (Å²) < 4.78 is 12.8. The largest absolute Gasteiger partial charge is 0.455 e. The Morgan fingerprint density at radius 3 is 2.48 bits per heavy atom. The van der Waals surface area contributed by atoms with Crippen molar-refractivity contribution < 1.29 is 33.8 Å². The van der Waals surface area contributed by atoms with Gasteiger partial charge in [-0.2, -0.15) is 0 Å². The van der Waals surface area contributed by atoms with E-state index in [0.717, 1.165) is 5.56 Å². The maximum absolute atomic E-state index is 15.1. The molecule has 4 aliphatic heterocycles. The SMILES string of the molecule is Cc1cccc(Cl)c1N1C/C=C\CCC(=O)N[C@H](C)[C@@H](c2ccccc2)OC(=O)[C@@H]2[C@@H]3C=C[C@]4(O3)[C@H](C1=O)N([C@@H](CO)C(C)C)C(=O)[C@@H]24. The van der Waals surface area contributed by atoms with Gasteiger partial charge in [0.1, 0.15) is 23.7 Å². The number of aliphatic hydroxyl groups excluding tert-OH is 1. The van der Waals surface area contributed by atoms with Crippen LogP contribution in [0, 0.1) is 24.7 Å². The van der Waals surface area contributed by atoms with Crippen molar-refractivity contribution in [1.82, 2.24) is 10.2 Å². The lowest BCUT2D eigenvalue weighted by atomic mass is 9.74. The van der Waals surface area contributed by atoms with Crippen molar-refractivity contribution >= 4 is 41.0 Å². The average Bonchev–Trinajstić information content (AvgIpc) is 3.70. The number of likely N-dealkylation sites (tertiary alicyclic amines) is 1. The molecule has 4 aliphatic rings. The van der Waals surface area contributed by atoms with Crippen LogP contribution in [0.4, 0.5) is 5.69 Å². The van der Waals surface area contributed by atoms with Gasteiger partial charge in [-0.25, -0.2) is 0 Å². The number of hydrogen-bond donors (Lipinski definition) is 2. The minimum Gasteiger partial charge on any atom is -0.455 e. The van der Waals surface area contributed by atoms with E-state index in [9.17, 15) is 19.5 Å². The number of aliphatic hydroxyl groups is 1. The van der Waals surface area contributed by atoms with E-state index in [2.05, 4.69) is 5.32 Å². The van der Waals surface area contributed by atoms with E-state index in [-0.39, 0.29) is 24.8 Å². The third kappa shape index (κ3) is 5.73. The number of rotatable bonds is 5. The van der Waals surface area contributed by atoms with Gasteiger partial charge >= 0.3 is 5.97 Å². The van der Waals surface area contributed by atoms with Crippen molar-refractivity contribution in [2.75, 3.05) is 18.1 Å². The molecule has 3 amide bonds. The van der Waals surface area contributed by atoms with Crippen LogP contribution in [0.2, 0.25) is 5.02 Å². The highest BCUT2D eigenvalue weighted by atomic mass is 35.5. The number of nitrogens with one attached hydrogen (secondary N) is 1. The fourth-order valence-electron chi connectivity index (χ4n) is 7.76. The zero-order valence-electron chi connectivity index (χ0n) is 27.5. The van der Waals surface area contributed by atoms with E-state index >= 15 is 4.79 Å². The predicted molar refractivity (Wildman–Crippen MR) is 180 cm³/mol. The highest BCUT2D eigenvalue weighted by Gasteiger charge is 2.74. The molecule has 10 nitrogen and oxygen atoms in total. The number of amides is 3. The predicted octanol–water partition coefficient (Wildman–Crippen LogP) is 4.29. The number of benzene rings is 2. The zero-order valence-corrected chi connectivity index (χ0v) is 28.3. The van der Waals surface area contributed by atoms with Gasteiger partial charge in [-0.3, -0.25) is 19.2 Å². The van der Waals surface area contributed by atoms with Crippen molar-refractivity contribution in [2.24, 2.45) is 17.8 Å². The molecule has 2 N–H and O–H groups in total. The first kappa shape index (κ1) is 33.9. The minimum atomic E-state index is -1.49. The number of aryl methyl sites for hydroxylation is 1. The quantitative estimate of drug-likeness (QED) is 0.358. The number of carbonyl (C=O) groups is 4. The first-order valence-corrected chi connectivity index (χ1v) is 16.9. The van der Waals surface area contributed by atoms with Crippen LogP contribution < -0.4 is 10.2 Å². The Morgan fingerprint density at radius 2 is 1.79 bits per heavy atom. The Morgan fingerprint density at radius 1 is 1.04 bits per heavy atom. The van der Waals surface area contributed by atoms with Gasteiger partial charge in [-0.05, 0) is 43.4 Å². The molecule has 0 saturated carbocycles. The molecule has 8 atom stereocenters. The molecule has 2 aromatic rings. The third-order valence-electron chi connectivity index (χ3n) is 10.1. The Balaban J connectivity index is 1.50. The van der Waals surface area contributed by atoms with Gasteiger partial charge in [-0.1, -0.05) is 92.2 Å². The number of cyclic esters (lactones) is 1. The van der Waals surface area contributed by atoms with E-state index in [4.69, 9.17) is 21.1 Å². The maximum atomic E-state index is 15.1. The highest BCUT2D eigenvalue weighted by molar-refractivity contribution is 6.34. The van der Waals surface area contributed by atoms with Gasteiger partial charge in [0, 0.05) is 13.0 Å². The number of allylic oxidation sites excluding steroid dienone is 1. The number of esters is 1. The Hall–Kier alpha value is -3.99. The van der Waals surface area contributed by atoms with Crippen LogP contribution in [-0.4, -0.2) is 76.7 Å². The van der Waals surface area contributed by atoms with Crippen LogP contribution in [0.15, 0.2) is 72.8 Å². The molecule has 2 aromatic carbocycles. The van der Waals surface area contributed by atoms with Crippen molar-refractivity contribution in [3.63, 3.8) is 0 Å². The van der Waals surface area contributed by atoms with Gasteiger partial charge < -0.3 is 29.7 Å². The van der Waals surface area contributed by atoms with E-state index in [1.807, 2.05) is 69.3 Å². The topological polar surface area (TPSA) is 125 Å². The average molecular weight is 676 g/mol.